The molecule has 2 fully saturated rings. The number of aromatic nitrogens is 2. The first-order valence-electron chi connectivity index (χ1n) is 10.5. The fourth-order valence-corrected chi connectivity index (χ4v) is 4.70. The zero-order valence-electron chi connectivity index (χ0n) is 17.5. The third kappa shape index (κ3) is 3.50. The summed E-state index contributed by atoms with van der Waals surface area (Å²) in [5.74, 6) is 0.0769. The van der Waals surface area contributed by atoms with Crippen molar-refractivity contribution in [2.45, 2.75) is 38.1 Å². The molecule has 1 unspecified atom stereocenters. The fourth-order valence-electron chi connectivity index (χ4n) is 4.70. The number of aryl methyl sites for hydroxylation is 2. The Morgan fingerprint density at radius 1 is 1.23 bits per heavy atom. The normalized spacial score (nSPS) is 20.5. The van der Waals surface area contributed by atoms with E-state index in [4.69, 9.17) is 9.47 Å². The molecular weight excluding hydrogens is 378 g/mol. The lowest BCUT2D eigenvalue weighted by molar-refractivity contribution is -0.188. The number of benzene rings is 1. The quantitative estimate of drug-likeness (QED) is 0.667. The molecule has 0 N–H and O–H groups in total. The lowest BCUT2D eigenvalue weighted by atomic mass is 9.84. The van der Waals surface area contributed by atoms with Gasteiger partial charge in [0.25, 0.3) is 5.91 Å². The maximum atomic E-state index is 13.1. The first-order chi connectivity index (χ1) is 14.5. The van der Waals surface area contributed by atoms with Gasteiger partial charge >= 0.3 is 0 Å². The zero-order valence-corrected chi connectivity index (χ0v) is 17.5. The highest BCUT2D eigenvalue weighted by Gasteiger charge is 2.50. The third-order valence-electron chi connectivity index (χ3n) is 6.23. The molecule has 0 radical (unpaired) electrons. The predicted molar refractivity (Wildman–Crippen MR) is 114 cm³/mol. The predicted octanol–water partition coefficient (Wildman–Crippen LogP) is 3.47. The van der Waals surface area contributed by atoms with Gasteiger partial charge in [-0.15, -0.1) is 0 Å². The van der Waals surface area contributed by atoms with Gasteiger partial charge in [0.15, 0.2) is 0 Å². The van der Waals surface area contributed by atoms with E-state index in [1.165, 1.54) is 0 Å². The number of nitrogens with zero attached hydrogens (tertiary/aromatic N) is 3. The van der Waals surface area contributed by atoms with Crippen LogP contribution in [0.5, 0.6) is 0 Å². The number of pyridine rings is 1. The highest BCUT2D eigenvalue weighted by molar-refractivity contribution is 6.07. The number of hydrogen-bond donors (Lipinski definition) is 0. The number of ether oxygens (including phenoxy) is 2. The van der Waals surface area contributed by atoms with Crippen molar-refractivity contribution in [3.8, 4) is 0 Å². The van der Waals surface area contributed by atoms with Crippen LogP contribution in [-0.2, 0) is 23.1 Å². The van der Waals surface area contributed by atoms with Crippen LogP contribution < -0.4 is 0 Å². The monoisotopic (exact) mass is 405 g/mol. The molecule has 2 aliphatic rings. The number of rotatable bonds is 4. The smallest absolute Gasteiger partial charge is 0.256 e. The van der Waals surface area contributed by atoms with E-state index < -0.39 is 0 Å². The van der Waals surface area contributed by atoms with Crippen LogP contribution in [0, 0.1) is 6.92 Å². The molecule has 1 aromatic carbocycles. The van der Waals surface area contributed by atoms with E-state index in [0.29, 0.717) is 26.3 Å². The second-order valence-electron chi connectivity index (χ2n) is 8.56. The van der Waals surface area contributed by atoms with Crippen LogP contribution in [0.15, 0.2) is 48.7 Å². The summed E-state index contributed by atoms with van der Waals surface area (Å²) in [4.78, 5) is 19.5. The Morgan fingerprint density at radius 2 is 2.07 bits per heavy atom. The molecule has 2 saturated heterocycles. The first-order valence-corrected chi connectivity index (χ1v) is 10.5. The summed E-state index contributed by atoms with van der Waals surface area (Å²) in [5.41, 5.74) is 3.52. The average molecular weight is 405 g/mol. The topological polar surface area (TPSA) is 56.6 Å². The third-order valence-corrected chi connectivity index (χ3v) is 6.23. The second-order valence-corrected chi connectivity index (χ2v) is 8.56. The molecule has 156 valence electrons. The van der Waals surface area contributed by atoms with Crippen molar-refractivity contribution >= 4 is 16.8 Å². The van der Waals surface area contributed by atoms with Crippen molar-refractivity contribution in [1.82, 2.24) is 14.5 Å². The largest absolute Gasteiger partial charge is 0.372 e. The van der Waals surface area contributed by atoms with Gasteiger partial charge in [0.05, 0.1) is 37.1 Å². The number of para-hydroxylation sites is 1. The van der Waals surface area contributed by atoms with E-state index in [-0.39, 0.29) is 17.6 Å². The van der Waals surface area contributed by atoms with Gasteiger partial charge in [0.1, 0.15) is 5.60 Å². The minimum atomic E-state index is -0.275. The summed E-state index contributed by atoms with van der Waals surface area (Å²) in [6, 6.07) is 14.0. The number of carbonyl (C=O) groups is 1. The van der Waals surface area contributed by atoms with Gasteiger partial charge in [-0.1, -0.05) is 24.3 Å². The van der Waals surface area contributed by atoms with E-state index in [0.717, 1.165) is 40.7 Å². The molecule has 30 heavy (non-hydrogen) atoms. The SMILES string of the molecule is Cc1cccc(COC2CCOC3(C2)CN(C(=O)c2cn(C)c4ccccc24)C3)n1. The fraction of sp³-hybridized carbons (Fsp3) is 0.417. The maximum absolute atomic E-state index is 13.1. The van der Waals surface area contributed by atoms with Crippen LogP contribution >= 0.6 is 0 Å². The lowest BCUT2D eigenvalue weighted by Gasteiger charge is -2.53. The molecule has 5 rings (SSSR count). The number of amides is 1. The molecule has 0 saturated carbocycles. The molecule has 3 aromatic rings. The van der Waals surface area contributed by atoms with Crippen molar-refractivity contribution in [2.24, 2.45) is 7.05 Å². The second kappa shape index (κ2) is 7.52. The number of hydrogen-bond acceptors (Lipinski definition) is 4. The van der Waals surface area contributed by atoms with E-state index in [1.54, 1.807) is 0 Å². The molecular formula is C24H27N3O3. The molecule has 0 bridgehead atoms. The van der Waals surface area contributed by atoms with Crippen LogP contribution in [0.4, 0.5) is 0 Å². The Morgan fingerprint density at radius 3 is 2.90 bits per heavy atom. The van der Waals surface area contributed by atoms with Crippen molar-refractivity contribution in [3.63, 3.8) is 0 Å². The standard InChI is InChI=1S/C24H27N3O3/c1-17-6-5-7-18(25-17)14-29-19-10-11-30-24(12-19)15-27(16-24)23(28)21-13-26(2)22-9-4-3-8-20(21)22/h3-9,13,19H,10-12,14-16H2,1-2H3. The van der Waals surface area contributed by atoms with Gasteiger partial charge in [-0.3, -0.25) is 9.78 Å². The van der Waals surface area contributed by atoms with Crippen LogP contribution in [0.25, 0.3) is 10.9 Å². The Bertz CT molecular complexity index is 1080. The molecule has 1 atom stereocenters. The zero-order chi connectivity index (χ0) is 20.7. The van der Waals surface area contributed by atoms with Crippen molar-refractivity contribution < 1.29 is 14.3 Å². The van der Waals surface area contributed by atoms with Gasteiger partial charge in [-0.05, 0) is 31.5 Å². The van der Waals surface area contributed by atoms with Crippen LogP contribution in [0.3, 0.4) is 0 Å². The first kappa shape index (κ1) is 19.3. The van der Waals surface area contributed by atoms with Crippen LogP contribution in [0.2, 0.25) is 0 Å². The molecule has 0 aliphatic carbocycles. The molecule has 6 heteroatoms. The van der Waals surface area contributed by atoms with Gasteiger partial charge in [0.2, 0.25) is 0 Å². The number of fused-ring (bicyclic) bond motifs is 1. The van der Waals surface area contributed by atoms with Crippen molar-refractivity contribution in [1.29, 1.82) is 0 Å². The molecule has 2 aliphatic heterocycles. The van der Waals surface area contributed by atoms with E-state index in [9.17, 15) is 4.79 Å². The molecule has 1 spiro atoms. The van der Waals surface area contributed by atoms with Gasteiger partial charge in [-0.25, -0.2) is 0 Å². The summed E-state index contributed by atoms with van der Waals surface area (Å²) < 4.78 is 14.3. The summed E-state index contributed by atoms with van der Waals surface area (Å²) in [6.07, 6.45) is 3.76. The number of likely N-dealkylation sites (tertiary alicyclic amines) is 1. The summed E-state index contributed by atoms with van der Waals surface area (Å²) in [6.45, 7) is 4.42. The molecule has 1 amide bonds. The van der Waals surface area contributed by atoms with Gasteiger partial charge in [0, 0.05) is 42.9 Å². The minimum absolute atomic E-state index is 0.0769. The highest BCUT2D eigenvalue weighted by Crippen LogP contribution is 2.37. The Balaban J connectivity index is 1.22. The van der Waals surface area contributed by atoms with E-state index in [2.05, 4.69) is 4.98 Å². The van der Waals surface area contributed by atoms with E-state index >= 15 is 0 Å². The van der Waals surface area contributed by atoms with Crippen molar-refractivity contribution in [3.05, 3.63) is 65.6 Å². The summed E-state index contributed by atoms with van der Waals surface area (Å²) in [7, 11) is 1.98. The Kier molecular flexibility index (Phi) is 4.83. The van der Waals surface area contributed by atoms with Crippen LogP contribution in [0.1, 0.15) is 34.6 Å². The molecule has 2 aromatic heterocycles. The minimum Gasteiger partial charge on any atom is -0.372 e. The summed E-state index contributed by atoms with van der Waals surface area (Å²) >= 11 is 0. The van der Waals surface area contributed by atoms with Gasteiger partial charge in [-0.2, -0.15) is 0 Å². The molecule has 4 heterocycles. The average Bonchev–Trinajstić information content (AvgIpc) is 3.07. The van der Waals surface area contributed by atoms with E-state index in [1.807, 2.05) is 72.1 Å². The Hall–Kier alpha value is -2.70. The van der Waals surface area contributed by atoms with Gasteiger partial charge < -0.3 is 18.9 Å². The maximum Gasteiger partial charge on any atom is 0.256 e. The Labute approximate surface area is 176 Å². The van der Waals surface area contributed by atoms with Crippen LogP contribution in [-0.4, -0.2) is 51.8 Å². The highest BCUT2D eigenvalue weighted by atomic mass is 16.5. The molecule has 6 nitrogen and oxygen atoms in total. The summed E-state index contributed by atoms with van der Waals surface area (Å²) in [5, 5.41) is 1.00. The lowest BCUT2D eigenvalue weighted by Crippen LogP contribution is -2.67. The van der Waals surface area contributed by atoms with Crippen molar-refractivity contribution in [2.75, 3.05) is 19.7 Å². The number of carbonyl (C=O) groups excluding carboxylic acids is 1.